The van der Waals surface area contributed by atoms with Gasteiger partial charge in [0.1, 0.15) is 23.9 Å². The molecular formula is C28H42N2O8. The van der Waals surface area contributed by atoms with E-state index < -0.39 is 35.8 Å². The summed E-state index contributed by atoms with van der Waals surface area (Å²) in [4.78, 5) is 34.7. The molecule has 10 heteroatoms. The highest BCUT2D eigenvalue weighted by Crippen LogP contribution is 2.43. The summed E-state index contributed by atoms with van der Waals surface area (Å²) in [6.45, 7) is 9.50. The summed E-state index contributed by atoms with van der Waals surface area (Å²) < 4.78 is 22.7. The van der Waals surface area contributed by atoms with Crippen LogP contribution in [0.25, 0.3) is 0 Å². The van der Waals surface area contributed by atoms with Crippen molar-refractivity contribution in [1.82, 2.24) is 5.32 Å². The van der Waals surface area contributed by atoms with Gasteiger partial charge in [-0.25, -0.2) is 0 Å². The Bertz CT molecular complexity index is 957. The second kappa shape index (κ2) is 13.0. The van der Waals surface area contributed by atoms with Gasteiger partial charge >= 0.3 is 5.97 Å². The van der Waals surface area contributed by atoms with Gasteiger partial charge in [-0.05, 0) is 45.6 Å². The van der Waals surface area contributed by atoms with Gasteiger partial charge in [0.15, 0.2) is 0 Å². The molecular weight excluding hydrogens is 492 g/mol. The zero-order chi connectivity index (χ0) is 28.0. The molecule has 9 atom stereocenters. The third-order valence-corrected chi connectivity index (χ3v) is 7.35. The number of carbonyl (C=O) groups is 3. The lowest BCUT2D eigenvalue weighted by molar-refractivity contribution is -0.144. The van der Waals surface area contributed by atoms with Crippen LogP contribution in [0.15, 0.2) is 36.0 Å². The van der Waals surface area contributed by atoms with E-state index in [0.29, 0.717) is 19.4 Å². The first-order chi connectivity index (χ1) is 17.9. The third-order valence-electron chi connectivity index (χ3n) is 7.35. The van der Waals surface area contributed by atoms with Crippen LogP contribution >= 0.6 is 0 Å². The maximum absolute atomic E-state index is 12.3. The van der Waals surface area contributed by atoms with Gasteiger partial charge in [0, 0.05) is 19.4 Å². The van der Waals surface area contributed by atoms with Crippen molar-refractivity contribution < 1.29 is 38.4 Å². The van der Waals surface area contributed by atoms with Crippen LogP contribution in [0.2, 0.25) is 0 Å². The number of hydrogen-bond acceptors (Lipinski definition) is 8. The number of ether oxygens (including phenoxy) is 4. The minimum atomic E-state index is -0.801. The first-order valence-electron chi connectivity index (χ1n) is 13.3. The Morgan fingerprint density at radius 2 is 1.92 bits per heavy atom. The molecule has 3 heterocycles. The monoisotopic (exact) mass is 534 g/mol. The van der Waals surface area contributed by atoms with Crippen molar-refractivity contribution in [2.24, 2.45) is 11.7 Å². The number of amides is 2. The molecule has 9 unspecified atom stereocenters. The van der Waals surface area contributed by atoms with Gasteiger partial charge in [0.05, 0.1) is 37.4 Å². The molecule has 3 fully saturated rings. The molecule has 3 aliphatic rings. The highest BCUT2D eigenvalue weighted by Gasteiger charge is 2.58. The lowest BCUT2D eigenvalue weighted by Gasteiger charge is -2.39. The van der Waals surface area contributed by atoms with Gasteiger partial charge in [-0.1, -0.05) is 30.7 Å². The summed E-state index contributed by atoms with van der Waals surface area (Å²) in [5, 5.41) is 13.7. The Kier molecular flexibility index (Phi) is 10.3. The smallest absolute Gasteiger partial charge is 0.303 e. The van der Waals surface area contributed by atoms with Gasteiger partial charge in [-0.2, -0.15) is 0 Å². The molecule has 3 saturated heterocycles. The normalized spacial score (nSPS) is 36.4. The molecule has 0 aromatic rings. The van der Waals surface area contributed by atoms with E-state index in [1.54, 1.807) is 13.0 Å². The second-order valence-corrected chi connectivity index (χ2v) is 10.8. The largest absolute Gasteiger partial charge is 0.459 e. The molecule has 3 rings (SSSR count). The fraction of sp³-hybridized carbons (Fsp3) is 0.679. The highest BCUT2D eigenvalue weighted by molar-refractivity contribution is 5.87. The summed E-state index contributed by atoms with van der Waals surface area (Å²) in [5.74, 6) is -0.867. The van der Waals surface area contributed by atoms with E-state index in [2.05, 4.69) is 18.3 Å². The molecule has 0 saturated carbocycles. The maximum atomic E-state index is 12.3. The summed E-state index contributed by atoms with van der Waals surface area (Å²) in [7, 11) is 0. The molecule has 0 bridgehead atoms. The molecule has 38 heavy (non-hydrogen) atoms. The first-order valence-corrected chi connectivity index (χ1v) is 13.3. The van der Waals surface area contributed by atoms with Crippen LogP contribution in [0.4, 0.5) is 0 Å². The van der Waals surface area contributed by atoms with Crippen molar-refractivity contribution in [1.29, 1.82) is 0 Å². The molecule has 3 aliphatic heterocycles. The Morgan fingerprint density at radius 3 is 2.55 bits per heavy atom. The zero-order valence-corrected chi connectivity index (χ0v) is 22.9. The van der Waals surface area contributed by atoms with Crippen LogP contribution in [0, 0.1) is 5.92 Å². The molecule has 0 aromatic carbocycles. The van der Waals surface area contributed by atoms with Crippen molar-refractivity contribution in [3.63, 3.8) is 0 Å². The predicted molar refractivity (Wildman–Crippen MR) is 140 cm³/mol. The zero-order valence-electron chi connectivity index (χ0n) is 22.9. The van der Waals surface area contributed by atoms with Crippen molar-refractivity contribution >= 4 is 17.8 Å². The van der Waals surface area contributed by atoms with E-state index in [4.69, 9.17) is 24.7 Å². The number of nitrogens with two attached hydrogens (primary N) is 1. The average Bonchev–Trinajstić information content (AvgIpc) is 3.59. The van der Waals surface area contributed by atoms with Crippen LogP contribution in [0.5, 0.6) is 0 Å². The number of hydrogen-bond donors (Lipinski definition) is 3. The van der Waals surface area contributed by atoms with E-state index in [-0.39, 0.29) is 42.6 Å². The van der Waals surface area contributed by atoms with Gasteiger partial charge in [-0.15, -0.1) is 0 Å². The minimum absolute atomic E-state index is 0.000587. The van der Waals surface area contributed by atoms with E-state index in [9.17, 15) is 19.5 Å². The summed E-state index contributed by atoms with van der Waals surface area (Å²) >= 11 is 0. The fourth-order valence-corrected chi connectivity index (χ4v) is 5.11. The Morgan fingerprint density at radius 1 is 1.21 bits per heavy atom. The average molecular weight is 535 g/mol. The quantitative estimate of drug-likeness (QED) is 0.166. The lowest BCUT2D eigenvalue weighted by atomic mass is 9.87. The van der Waals surface area contributed by atoms with E-state index in [0.717, 1.165) is 12.0 Å². The van der Waals surface area contributed by atoms with Gasteiger partial charge in [0.2, 0.25) is 11.8 Å². The third kappa shape index (κ3) is 8.49. The van der Waals surface area contributed by atoms with Crippen molar-refractivity contribution in [2.75, 3.05) is 6.61 Å². The molecule has 0 aromatic heterocycles. The number of aliphatic hydroxyl groups excluding tert-OH is 1. The minimum Gasteiger partial charge on any atom is -0.459 e. The molecule has 212 valence electrons. The predicted octanol–water partition coefficient (Wildman–Crippen LogP) is 1.85. The summed E-state index contributed by atoms with van der Waals surface area (Å²) in [6.07, 6.45) is 8.36. The molecule has 1 spiro atoms. The Hall–Kier alpha value is -2.53. The standard InChI is InChI=1S/C28H42N2O8/c1-16(7-10-24-27(34)28(15-35-28)14-21(38-24)13-25(29)32)6-9-23-17(2)12-22(19(4)37-23)30-26(33)11-8-18(3)36-20(5)31/h6-8,10-11,17-19,21-24,27,34H,9,12-15H2,1-5H3,(H2,29,32)(H,30,33). The molecule has 0 aliphatic carbocycles. The SMILES string of the molecule is CC(=O)OC(C)C=CC(=O)NC1CC(C)C(CC=C(C)C=CC2OC(CC(N)=O)CC3(CO3)C2O)OC1C. The van der Waals surface area contributed by atoms with Gasteiger partial charge in [-0.3, -0.25) is 14.4 Å². The highest BCUT2D eigenvalue weighted by atomic mass is 16.6. The topological polar surface area (TPSA) is 150 Å². The molecule has 0 radical (unpaired) electrons. The Balaban J connectivity index is 1.49. The molecule has 2 amide bonds. The number of aliphatic hydroxyl groups is 1. The fourth-order valence-electron chi connectivity index (χ4n) is 5.11. The van der Waals surface area contributed by atoms with Gasteiger partial charge in [0.25, 0.3) is 0 Å². The molecule has 4 N–H and O–H groups in total. The van der Waals surface area contributed by atoms with E-state index in [1.807, 2.05) is 26.0 Å². The number of esters is 1. The van der Waals surface area contributed by atoms with E-state index >= 15 is 0 Å². The number of primary amides is 1. The van der Waals surface area contributed by atoms with Crippen LogP contribution in [-0.4, -0.2) is 77.8 Å². The number of carbonyl (C=O) groups excluding carboxylic acids is 3. The van der Waals surface area contributed by atoms with Crippen LogP contribution in [0.3, 0.4) is 0 Å². The van der Waals surface area contributed by atoms with Crippen LogP contribution in [-0.2, 0) is 33.3 Å². The maximum Gasteiger partial charge on any atom is 0.303 e. The second-order valence-electron chi connectivity index (χ2n) is 10.8. The number of allylic oxidation sites excluding steroid dienone is 2. The Labute approximate surface area is 224 Å². The summed E-state index contributed by atoms with van der Waals surface area (Å²) in [6, 6.07) is -0.123. The van der Waals surface area contributed by atoms with Crippen molar-refractivity contribution in [3.05, 3.63) is 36.0 Å². The summed E-state index contributed by atoms with van der Waals surface area (Å²) in [5.41, 5.74) is 5.69. The lowest BCUT2D eigenvalue weighted by Crippen LogP contribution is -2.50. The number of epoxide rings is 1. The first kappa shape index (κ1) is 30.0. The molecule has 10 nitrogen and oxygen atoms in total. The number of rotatable bonds is 10. The number of nitrogens with one attached hydrogen (secondary N) is 1. The van der Waals surface area contributed by atoms with Gasteiger partial charge < -0.3 is 35.1 Å². The van der Waals surface area contributed by atoms with Crippen molar-refractivity contribution in [3.8, 4) is 0 Å². The van der Waals surface area contributed by atoms with Crippen LogP contribution < -0.4 is 11.1 Å². The van der Waals surface area contributed by atoms with Crippen LogP contribution in [0.1, 0.15) is 60.3 Å². The van der Waals surface area contributed by atoms with Crippen molar-refractivity contribution in [2.45, 2.75) is 109 Å². The van der Waals surface area contributed by atoms with E-state index in [1.165, 1.54) is 13.0 Å².